The molecule has 0 bridgehead atoms. The molecule has 3 rings (SSSR count). The highest BCUT2D eigenvalue weighted by Gasteiger charge is 2.31. The summed E-state index contributed by atoms with van der Waals surface area (Å²) in [5, 5.41) is 0. The smallest absolute Gasteiger partial charge is 0.330 e. The Morgan fingerprint density at radius 3 is 2.64 bits per heavy atom. The Hall–Kier alpha value is -2.14. The van der Waals surface area contributed by atoms with Crippen LogP contribution in [0.1, 0.15) is 29.7 Å². The number of carbonyl (C=O) groups excluding carboxylic acids is 1. The molecule has 1 saturated heterocycles. The van der Waals surface area contributed by atoms with Gasteiger partial charge in [0, 0.05) is 25.7 Å². The summed E-state index contributed by atoms with van der Waals surface area (Å²) in [7, 11) is 2.10. The molecule has 2 unspecified atom stereocenters. The fraction of sp³-hybridized carbons (Fsp3) is 0.348. The zero-order valence-corrected chi connectivity index (χ0v) is 17.2. The van der Waals surface area contributed by atoms with Crippen molar-refractivity contribution in [3.8, 4) is 0 Å². The van der Waals surface area contributed by atoms with E-state index in [0.29, 0.717) is 6.61 Å². The first-order valence-electron chi connectivity index (χ1n) is 9.66. The summed E-state index contributed by atoms with van der Waals surface area (Å²) in [6, 6.07) is 18.8. The number of nitrogens with zero attached hydrogens (tertiary/aromatic N) is 2. The number of rotatable bonds is 6. The Labute approximate surface area is 172 Å². The van der Waals surface area contributed by atoms with Crippen molar-refractivity contribution in [2.45, 2.75) is 18.5 Å². The molecule has 0 aliphatic carbocycles. The molecule has 0 radical (unpaired) electrons. The molecule has 0 N–H and O–H groups in total. The molecule has 5 heteroatoms. The Bertz CT molecular complexity index is 809. The number of likely N-dealkylation sites (N-methyl/N-ethyl adjacent to an activating group) is 1. The van der Waals surface area contributed by atoms with E-state index in [-0.39, 0.29) is 17.5 Å². The van der Waals surface area contributed by atoms with Crippen molar-refractivity contribution in [3.63, 3.8) is 0 Å². The van der Waals surface area contributed by atoms with Crippen LogP contribution in [0.3, 0.4) is 0 Å². The van der Waals surface area contributed by atoms with Gasteiger partial charge < -0.3 is 9.64 Å². The largest absolute Gasteiger partial charge is 0.463 e. The molecular formula is C23H27ClN2O2. The van der Waals surface area contributed by atoms with Crippen LogP contribution in [-0.4, -0.2) is 54.6 Å². The zero-order chi connectivity index (χ0) is 19.9. The molecule has 1 heterocycles. The number of hydrogen-bond acceptors (Lipinski definition) is 4. The van der Waals surface area contributed by atoms with Crippen LogP contribution in [0.2, 0.25) is 0 Å². The lowest BCUT2D eigenvalue weighted by molar-refractivity contribution is -0.137. The minimum atomic E-state index is -0.326. The topological polar surface area (TPSA) is 32.8 Å². The van der Waals surface area contributed by atoms with Gasteiger partial charge in [-0.2, -0.15) is 0 Å². The van der Waals surface area contributed by atoms with Crippen molar-refractivity contribution in [2.24, 2.45) is 0 Å². The zero-order valence-electron chi connectivity index (χ0n) is 16.4. The predicted octanol–water partition coefficient (Wildman–Crippen LogP) is 4.16. The standard InChI is InChI=1S/C23H27ClN2O2/c1-3-28-22(27)13-12-18-8-7-11-20(16-18)23(19-9-5-4-6-10-19)26-15-14-25(2)17-21(26)24/h4-13,16,21,23H,3,14-15,17H2,1-2H3/b13-12+. The van der Waals surface area contributed by atoms with Gasteiger partial charge in [0.05, 0.1) is 18.1 Å². The third-order valence-corrected chi connectivity index (χ3v) is 5.32. The number of ether oxygens (including phenoxy) is 1. The Morgan fingerprint density at radius 1 is 1.18 bits per heavy atom. The highest BCUT2D eigenvalue weighted by Crippen LogP contribution is 2.33. The first kappa shape index (κ1) is 20.6. The van der Waals surface area contributed by atoms with Gasteiger partial charge in [-0.05, 0) is 42.8 Å². The lowest BCUT2D eigenvalue weighted by Gasteiger charge is -2.42. The van der Waals surface area contributed by atoms with E-state index in [4.69, 9.17) is 16.3 Å². The third kappa shape index (κ3) is 5.22. The van der Waals surface area contributed by atoms with E-state index in [1.54, 1.807) is 13.0 Å². The predicted molar refractivity (Wildman–Crippen MR) is 114 cm³/mol. The molecule has 2 atom stereocenters. The lowest BCUT2D eigenvalue weighted by Crippen LogP contribution is -2.50. The summed E-state index contributed by atoms with van der Waals surface area (Å²) in [6.07, 6.45) is 3.27. The molecule has 1 aliphatic heterocycles. The summed E-state index contributed by atoms with van der Waals surface area (Å²) in [6.45, 7) is 4.88. The fourth-order valence-electron chi connectivity index (χ4n) is 3.57. The molecule has 0 aromatic heterocycles. The number of carbonyl (C=O) groups is 1. The second kappa shape index (κ2) is 9.87. The number of hydrogen-bond donors (Lipinski definition) is 0. The van der Waals surface area contributed by atoms with Crippen molar-refractivity contribution < 1.29 is 9.53 Å². The molecule has 2 aromatic rings. The van der Waals surface area contributed by atoms with Crippen LogP contribution < -0.4 is 0 Å². The van der Waals surface area contributed by atoms with Gasteiger partial charge in [-0.15, -0.1) is 11.6 Å². The summed E-state index contributed by atoms with van der Waals surface area (Å²) in [4.78, 5) is 16.2. The molecule has 1 aliphatic rings. The summed E-state index contributed by atoms with van der Waals surface area (Å²) < 4.78 is 4.97. The van der Waals surface area contributed by atoms with Crippen molar-refractivity contribution in [1.82, 2.24) is 9.80 Å². The van der Waals surface area contributed by atoms with Crippen LogP contribution >= 0.6 is 11.6 Å². The van der Waals surface area contributed by atoms with Crippen molar-refractivity contribution in [3.05, 3.63) is 77.4 Å². The lowest BCUT2D eigenvalue weighted by atomic mass is 9.95. The number of alkyl halides is 1. The van der Waals surface area contributed by atoms with Crippen LogP contribution in [0.15, 0.2) is 60.7 Å². The van der Waals surface area contributed by atoms with Crippen LogP contribution in [0.5, 0.6) is 0 Å². The molecule has 28 heavy (non-hydrogen) atoms. The molecule has 1 fully saturated rings. The van der Waals surface area contributed by atoms with Gasteiger partial charge in [0.1, 0.15) is 0 Å². The average molecular weight is 399 g/mol. The van der Waals surface area contributed by atoms with Crippen LogP contribution in [0, 0.1) is 0 Å². The molecule has 0 saturated carbocycles. The van der Waals surface area contributed by atoms with Crippen molar-refractivity contribution in [2.75, 3.05) is 33.3 Å². The minimum Gasteiger partial charge on any atom is -0.463 e. The molecule has 2 aromatic carbocycles. The average Bonchev–Trinajstić information content (AvgIpc) is 2.70. The molecule has 4 nitrogen and oxygen atoms in total. The second-order valence-corrected chi connectivity index (χ2v) is 7.51. The molecule has 0 amide bonds. The van der Waals surface area contributed by atoms with Gasteiger partial charge in [-0.1, -0.05) is 48.5 Å². The maximum atomic E-state index is 11.6. The Morgan fingerprint density at radius 2 is 1.93 bits per heavy atom. The normalized spacial score (nSPS) is 19.6. The molecule has 0 spiro atoms. The van der Waals surface area contributed by atoms with Crippen LogP contribution in [-0.2, 0) is 9.53 Å². The number of esters is 1. The number of piperazine rings is 1. The molecular weight excluding hydrogens is 372 g/mol. The minimum absolute atomic E-state index is 0.0633. The highest BCUT2D eigenvalue weighted by molar-refractivity contribution is 6.20. The number of halogens is 1. The van der Waals surface area contributed by atoms with E-state index in [9.17, 15) is 4.79 Å². The SMILES string of the molecule is CCOC(=O)/C=C/c1cccc(C(c2ccccc2)N2CCN(C)CC2Cl)c1. The first-order valence-corrected chi connectivity index (χ1v) is 10.1. The van der Waals surface area contributed by atoms with Gasteiger partial charge in [0.25, 0.3) is 0 Å². The van der Waals surface area contributed by atoms with Crippen LogP contribution in [0.25, 0.3) is 6.08 Å². The van der Waals surface area contributed by atoms with E-state index in [1.165, 1.54) is 11.6 Å². The van der Waals surface area contributed by atoms with Gasteiger partial charge >= 0.3 is 5.97 Å². The quantitative estimate of drug-likeness (QED) is 0.316. The van der Waals surface area contributed by atoms with Gasteiger partial charge in [-0.25, -0.2) is 4.79 Å². The van der Waals surface area contributed by atoms with Crippen molar-refractivity contribution >= 4 is 23.6 Å². The first-order chi connectivity index (χ1) is 13.6. The van der Waals surface area contributed by atoms with E-state index in [0.717, 1.165) is 30.8 Å². The fourth-order valence-corrected chi connectivity index (χ4v) is 4.01. The number of benzene rings is 2. The maximum absolute atomic E-state index is 11.6. The van der Waals surface area contributed by atoms with Crippen molar-refractivity contribution in [1.29, 1.82) is 0 Å². The second-order valence-electron chi connectivity index (χ2n) is 7.00. The summed E-state index contributed by atoms with van der Waals surface area (Å²) >= 11 is 6.76. The highest BCUT2D eigenvalue weighted by atomic mass is 35.5. The Balaban J connectivity index is 1.93. The van der Waals surface area contributed by atoms with E-state index < -0.39 is 0 Å². The maximum Gasteiger partial charge on any atom is 0.330 e. The van der Waals surface area contributed by atoms with Gasteiger partial charge in [0.2, 0.25) is 0 Å². The molecule has 148 valence electrons. The third-order valence-electron chi connectivity index (χ3n) is 4.93. The summed E-state index contributed by atoms with van der Waals surface area (Å²) in [5.41, 5.74) is 3.27. The van der Waals surface area contributed by atoms with E-state index >= 15 is 0 Å². The van der Waals surface area contributed by atoms with Gasteiger partial charge in [0.15, 0.2) is 0 Å². The van der Waals surface area contributed by atoms with E-state index in [2.05, 4.69) is 53.2 Å². The van der Waals surface area contributed by atoms with Crippen LogP contribution in [0.4, 0.5) is 0 Å². The monoisotopic (exact) mass is 398 g/mol. The van der Waals surface area contributed by atoms with E-state index in [1.807, 2.05) is 18.2 Å². The Kier molecular flexibility index (Phi) is 7.26. The van der Waals surface area contributed by atoms with Gasteiger partial charge in [-0.3, -0.25) is 4.90 Å². The summed E-state index contributed by atoms with van der Waals surface area (Å²) in [5.74, 6) is -0.326.